The SMILES string of the molecule is Cc1ncccc1Nc1cc2nc3ccccc3n(-c3ccc(F)cc3)c-2c/c1=N\C1CCCCC1. The summed E-state index contributed by atoms with van der Waals surface area (Å²) in [5, 5.41) is 4.49. The van der Waals surface area contributed by atoms with Crippen molar-refractivity contribution < 1.29 is 4.39 Å². The molecular formula is C30H28FN5. The third-order valence-electron chi connectivity index (χ3n) is 6.95. The third-order valence-corrected chi connectivity index (χ3v) is 6.95. The molecule has 1 fully saturated rings. The summed E-state index contributed by atoms with van der Waals surface area (Å²) in [6.45, 7) is 2.00. The molecule has 0 atom stereocenters. The summed E-state index contributed by atoms with van der Waals surface area (Å²) in [7, 11) is 0. The largest absolute Gasteiger partial charge is 0.352 e. The average Bonchev–Trinajstić information content (AvgIpc) is 2.90. The van der Waals surface area contributed by atoms with Crippen molar-refractivity contribution in [3.8, 4) is 17.1 Å². The number of fused-ring (bicyclic) bond motifs is 2. The Morgan fingerprint density at radius 1 is 0.917 bits per heavy atom. The number of hydrogen-bond acceptors (Lipinski definition) is 4. The fourth-order valence-electron chi connectivity index (χ4n) is 5.09. The highest BCUT2D eigenvalue weighted by molar-refractivity contribution is 5.84. The van der Waals surface area contributed by atoms with Crippen molar-refractivity contribution in [2.24, 2.45) is 4.99 Å². The number of rotatable bonds is 4. The van der Waals surface area contributed by atoms with Gasteiger partial charge in [-0.3, -0.25) is 9.98 Å². The number of pyridine rings is 1. The Morgan fingerprint density at radius 3 is 2.53 bits per heavy atom. The summed E-state index contributed by atoms with van der Waals surface area (Å²) >= 11 is 0. The molecule has 0 bridgehead atoms. The van der Waals surface area contributed by atoms with Gasteiger partial charge < -0.3 is 9.88 Å². The number of hydrogen-bond donors (Lipinski definition) is 1. The zero-order chi connectivity index (χ0) is 24.5. The number of para-hydroxylation sites is 2. The van der Waals surface area contributed by atoms with Crippen LogP contribution in [-0.2, 0) is 0 Å². The van der Waals surface area contributed by atoms with E-state index >= 15 is 0 Å². The Labute approximate surface area is 209 Å². The monoisotopic (exact) mass is 477 g/mol. The minimum atomic E-state index is -0.256. The van der Waals surface area contributed by atoms with Crippen molar-refractivity contribution in [2.45, 2.75) is 45.1 Å². The van der Waals surface area contributed by atoms with Gasteiger partial charge in [-0.05, 0) is 80.4 Å². The Hall–Kier alpha value is -4.06. The molecule has 0 radical (unpaired) electrons. The standard InChI is InChI=1S/C30H28FN5/c1-20-24(11-7-17-32-20)34-26-18-28-30(19-27(26)33-22-8-3-2-4-9-22)36(23-15-13-21(31)14-16-23)29-12-6-5-10-25(29)35-28/h5-7,10-19,22,34H,2-4,8-9H2,1H3/b33-27+. The van der Waals surface area contributed by atoms with Crippen LogP contribution in [-0.4, -0.2) is 20.6 Å². The minimum absolute atomic E-state index is 0.256. The molecule has 3 aromatic rings. The van der Waals surface area contributed by atoms with E-state index in [1.54, 1.807) is 6.20 Å². The first-order chi connectivity index (χ1) is 17.7. The van der Waals surface area contributed by atoms with E-state index in [1.165, 1.54) is 31.4 Å². The van der Waals surface area contributed by atoms with Crippen LogP contribution in [0.5, 0.6) is 0 Å². The normalized spacial score (nSPS) is 15.0. The molecule has 0 unspecified atom stereocenters. The topological polar surface area (TPSA) is 55.1 Å². The van der Waals surface area contributed by atoms with Gasteiger partial charge >= 0.3 is 0 Å². The van der Waals surface area contributed by atoms with Crippen LogP contribution < -0.4 is 10.7 Å². The lowest BCUT2D eigenvalue weighted by atomic mass is 9.96. The van der Waals surface area contributed by atoms with Crippen LogP contribution in [0.15, 0.2) is 84.0 Å². The zero-order valence-corrected chi connectivity index (χ0v) is 20.3. The van der Waals surface area contributed by atoms with Gasteiger partial charge in [0.25, 0.3) is 0 Å². The number of nitrogens with zero attached hydrogens (tertiary/aromatic N) is 4. The van der Waals surface area contributed by atoms with Gasteiger partial charge in [0.15, 0.2) is 0 Å². The van der Waals surface area contributed by atoms with Gasteiger partial charge in [-0.1, -0.05) is 31.4 Å². The second-order valence-corrected chi connectivity index (χ2v) is 9.45. The summed E-state index contributed by atoms with van der Waals surface area (Å²) in [5.41, 5.74) is 7.27. The van der Waals surface area contributed by atoms with Crippen LogP contribution in [0.4, 0.5) is 15.8 Å². The van der Waals surface area contributed by atoms with Crippen molar-refractivity contribution in [3.63, 3.8) is 0 Å². The summed E-state index contributed by atoms with van der Waals surface area (Å²) in [4.78, 5) is 14.7. The van der Waals surface area contributed by atoms with Crippen LogP contribution in [0.3, 0.4) is 0 Å². The van der Waals surface area contributed by atoms with Gasteiger partial charge in [0.1, 0.15) is 5.82 Å². The van der Waals surface area contributed by atoms with E-state index in [-0.39, 0.29) is 5.82 Å². The van der Waals surface area contributed by atoms with Gasteiger partial charge in [-0.2, -0.15) is 0 Å². The molecule has 2 aliphatic carbocycles. The Kier molecular flexibility index (Phi) is 5.93. The van der Waals surface area contributed by atoms with Gasteiger partial charge in [0.05, 0.1) is 50.9 Å². The number of benzene rings is 3. The van der Waals surface area contributed by atoms with Gasteiger partial charge in [0.2, 0.25) is 0 Å². The van der Waals surface area contributed by atoms with E-state index < -0.39 is 0 Å². The molecule has 0 saturated heterocycles. The summed E-state index contributed by atoms with van der Waals surface area (Å²) in [5.74, 6) is -0.256. The van der Waals surface area contributed by atoms with Crippen molar-refractivity contribution in [2.75, 3.05) is 5.32 Å². The average molecular weight is 478 g/mol. The lowest BCUT2D eigenvalue weighted by Gasteiger charge is -2.22. The fourth-order valence-corrected chi connectivity index (χ4v) is 5.09. The fraction of sp³-hybridized carbons (Fsp3) is 0.233. The summed E-state index contributed by atoms with van der Waals surface area (Å²) in [6, 6.07) is 23.1. The molecule has 2 heterocycles. The van der Waals surface area contributed by atoms with E-state index in [2.05, 4.69) is 27.0 Å². The Bertz CT molecular complexity index is 1570. The molecule has 6 rings (SSSR count). The number of anilines is 2. The van der Waals surface area contributed by atoms with Crippen LogP contribution >= 0.6 is 0 Å². The maximum atomic E-state index is 13.8. The van der Waals surface area contributed by atoms with E-state index in [0.29, 0.717) is 6.04 Å². The van der Waals surface area contributed by atoms with E-state index in [0.717, 1.165) is 63.4 Å². The first-order valence-electron chi connectivity index (χ1n) is 12.6. The molecule has 0 spiro atoms. The van der Waals surface area contributed by atoms with E-state index in [4.69, 9.17) is 9.98 Å². The molecule has 36 heavy (non-hydrogen) atoms. The Balaban J connectivity index is 1.63. The van der Waals surface area contributed by atoms with Crippen LogP contribution in [0.2, 0.25) is 0 Å². The van der Waals surface area contributed by atoms with Crippen molar-refractivity contribution in [3.05, 3.63) is 95.9 Å². The predicted molar refractivity (Wildman–Crippen MR) is 142 cm³/mol. The quantitative estimate of drug-likeness (QED) is 0.285. The maximum absolute atomic E-state index is 13.8. The van der Waals surface area contributed by atoms with E-state index in [1.807, 2.05) is 55.5 Å². The second-order valence-electron chi connectivity index (χ2n) is 9.45. The number of halogens is 1. The smallest absolute Gasteiger partial charge is 0.123 e. The number of nitrogens with one attached hydrogen (secondary N) is 1. The lowest BCUT2D eigenvalue weighted by molar-refractivity contribution is 0.437. The predicted octanol–water partition coefficient (Wildman–Crippen LogP) is 6.95. The number of aryl methyl sites for hydroxylation is 1. The first-order valence-corrected chi connectivity index (χ1v) is 12.6. The summed E-state index contributed by atoms with van der Waals surface area (Å²) in [6.07, 6.45) is 7.73. The highest BCUT2D eigenvalue weighted by Gasteiger charge is 2.18. The third kappa shape index (κ3) is 4.35. The molecule has 6 heteroatoms. The van der Waals surface area contributed by atoms with Crippen molar-refractivity contribution in [1.82, 2.24) is 14.5 Å². The first kappa shape index (κ1) is 22.4. The zero-order valence-electron chi connectivity index (χ0n) is 20.3. The number of aromatic nitrogens is 3. The molecule has 1 N–H and O–H groups in total. The van der Waals surface area contributed by atoms with Crippen LogP contribution in [0.25, 0.3) is 28.1 Å². The highest BCUT2D eigenvalue weighted by Crippen LogP contribution is 2.31. The highest BCUT2D eigenvalue weighted by atomic mass is 19.1. The van der Waals surface area contributed by atoms with Gasteiger partial charge in [-0.15, -0.1) is 0 Å². The molecule has 2 aromatic carbocycles. The van der Waals surface area contributed by atoms with Gasteiger partial charge in [0, 0.05) is 11.9 Å². The molecule has 3 aliphatic rings. The molecule has 180 valence electrons. The van der Waals surface area contributed by atoms with Crippen molar-refractivity contribution >= 4 is 22.4 Å². The minimum Gasteiger partial charge on any atom is -0.352 e. The van der Waals surface area contributed by atoms with Crippen LogP contribution in [0.1, 0.15) is 37.8 Å². The summed E-state index contributed by atoms with van der Waals surface area (Å²) < 4.78 is 15.9. The Morgan fingerprint density at radius 2 is 1.72 bits per heavy atom. The maximum Gasteiger partial charge on any atom is 0.123 e. The molecule has 0 amide bonds. The molecule has 1 aromatic heterocycles. The lowest BCUT2D eigenvalue weighted by Crippen LogP contribution is -2.19. The molecule has 5 nitrogen and oxygen atoms in total. The van der Waals surface area contributed by atoms with Gasteiger partial charge in [-0.25, -0.2) is 9.37 Å². The molecular weight excluding hydrogens is 449 g/mol. The molecule has 1 aliphatic heterocycles. The van der Waals surface area contributed by atoms with Crippen molar-refractivity contribution in [1.29, 1.82) is 0 Å². The molecule has 1 saturated carbocycles. The van der Waals surface area contributed by atoms with E-state index in [9.17, 15) is 4.39 Å². The van der Waals surface area contributed by atoms with Crippen LogP contribution in [0, 0.1) is 12.7 Å². The second kappa shape index (κ2) is 9.53.